The third-order valence-corrected chi connectivity index (χ3v) is 5.74. The molecule has 1 aliphatic heterocycles. The number of ether oxygens (including phenoxy) is 1. The number of carbonyl (C=O) groups excluding carboxylic acids is 2. The lowest BCUT2D eigenvalue weighted by atomic mass is 9.93. The first-order valence-corrected chi connectivity index (χ1v) is 10.6. The zero-order chi connectivity index (χ0) is 24.5. The summed E-state index contributed by atoms with van der Waals surface area (Å²) in [5.41, 5.74) is -0.861. The smallest absolute Gasteiger partial charge is 0.417 e. The molecule has 1 aromatic heterocycles. The monoisotopic (exact) mass is 473 g/mol. The number of H-pyrrole nitrogens is 1. The van der Waals surface area contributed by atoms with Crippen LogP contribution >= 0.6 is 0 Å². The van der Waals surface area contributed by atoms with Crippen LogP contribution in [0.1, 0.15) is 23.5 Å². The second kappa shape index (κ2) is 9.30. The van der Waals surface area contributed by atoms with Gasteiger partial charge in [0.1, 0.15) is 6.61 Å². The van der Waals surface area contributed by atoms with E-state index in [1.165, 1.54) is 24.3 Å². The highest BCUT2D eigenvalue weighted by atomic mass is 19.4. The first-order chi connectivity index (χ1) is 16.2. The summed E-state index contributed by atoms with van der Waals surface area (Å²) in [5.74, 6) is -1.22. The molecule has 10 heteroatoms. The Kier molecular flexibility index (Phi) is 6.43. The van der Waals surface area contributed by atoms with Crippen LogP contribution in [0.5, 0.6) is 0 Å². The maximum atomic E-state index is 13.4. The van der Waals surface area contributed by atoms with Gasteiger partial charge < -0.3 is 20.4 Å². The minimum absolute atomic E-state index is 0.0406. The lowest BCUT2D eigenvalue weighted by molar-refractivity contribution is -0.143. The van der Waals surface area contributed by atoms with E-state index < -0.39 is 29.2 Å². The molecule has 0 radical (unpaired) electrons. The maximum Gasteiger partial charge on any atom is 0.417 e. The topological polar surface area (TPSA) is 100 Å². The number of likely N-dealkylation sites (N-methyl/N-ethyl adjacent to an activating group) is 1. The summed E-state index contributed by atoms with van der Waals surface area (Å²) in [4.78, 5) is 39.3. The molecule has 0 bridgehead atoms. The molecule has 2 aromatic carbocycles. The zero-order valence-corrected chi connectivity index (χ0v) is 18.2. The molecule has 3 N–H and O–H groups in total. The van der Waals surface area contributed by atoms with Gasteiger partial charge in [0, 0.05) is 16.6 Å². The number of hydrogen-bond donors (Lipinski definition) is 3. The van der Waals surface area contributed by atoms with Crippen molar-refractivity contribution in [2.24, 2.45) is 0 Å². The van der Waals surface area contributed by atoms with Crippen LogP contribution in [0.15, 0.2) is 53.3 Å². The van der Waals surface area contributed by atoms with Gasteiger partial charge in [0.05, 0.1) is 24.1 Å². The highest BCUT2D eigenvalue weighted by molar-refractivity contribution is 5.90. The van der Waals surface area contributed by atoms with Gasteiger partial charge in [-0.2, -0.15) is 13.2 Å². The molecular formula is C24H22F3N3O4. The van der Waals surface area contributed by atoms with E-state index in [4.69, 9.17) is 4.74 Å². The summed E-state index contributed by atoms with van der Waals surface area (Å²) >= 11 is 0. The van der Waals surface area contributed by atoms with Crippen LogP contribution in [0.25, 0.3) is 22.0 Å². The van der Waals surface area contributed by atoms with Crippen molar-refractivity contribution in [1.29, 1.82) is 0 Å². The number of fused-ring (bicyclic) bond motifs is 1. The molecule has 34 heavy (non-hydrogen) atoms. The summed E-state index contributed by atoms with van der Waals surface area (Å²) in [6.07, 6.45) is -4.19. The van der Waals surface area contributed by atoms with Crippen molar-refractivity contribution in [3.8, 4) is 11.3 Å². The zero-order valence-electron chi connectivity index (χ0n) is 18.2. The van der Waals surface area contributed by atoms with Crippen molar-refractivity contribution in [2.45, 2.75) is 24.6 Å². The van der Waals surface area contributed by atoms with Gasteiger partial charge in [-0.05, 0) is 42.6 Å². The molecule has 1 saturated heterocycles. The lowest BCUT2D eigenvalue weighted by Crippen LogP contribution is -2.32. The third-order valence-electron chi connectivity index (χ3n) is 5.74. The van der Waals surface area contributed by atoms with Crippen LogP contribution in [-0.4, -0.2) is 43.1 Å². The molecule has 1 amide bonds. The van der Waals surface area contributed by atoms with Crippen molar-refractivity contribution in [2.75, 3.05) is 20.2 Å². The largest absolute Gasteiger partial charge is 0.463 e. The number of carbonyl (C=O) groups is 2. The van der Waals surface area contributed by atoms with E-state index in [-0.39, 0.29) is 41.7 Å². The quantitative estimate of drug-likeness (QED) is 0.478. The van der Waals surface area contributed by atoms with Gasteiger partial charge >= 0.3 is 12.1 Å². The van der Waals surface area contributed by atoms with Gasteiger partial charge in [0.15, 0.2) is 0 Å². The fraction of sp³-hybridized carbons (Fsp3) is 0.292. The van der Waals surface area contributed by atoms with E-state index in [2.05, 4.69) is 15.6 Å². The number of aromatic nitrogens is 1. The minimum Gasteiger partial charge on any atom is -0.463 e. The molecule has 0 spiro atoms. The van der Waals surface area contributed by atoms with E-state index in [1.807, 2.05) is 0 Å². The minimum atomic E-state index is -4.57. The molecule has 0 unspecified atom stereocenters. The first-order valence-electron chi connectivity index (χ1n) is 10.6. The first kappa shape index (κ1) is 23.5. The Balaban J connectivity index is 1.61. The third kappa shape index (κ3) is 4.81. The summed E-state index contributed by atoms with van der Waals surface area (Å²) in [6.45, 7) is 0.103. The number of benzene rings is 2. The van der Waals surface area contributed by atoms with Crippen LogP contribution in [-0.2, 0) is 20.5 Å². The molecule has 0 aliphatic carbocycles. The molecular weight excluding hydrogens is 451 g/mol. The molecule has 3 aromatic rings. The lowest BCUT2D eigenvalue weighted by Gasteiger charge is -2.14. The van der Waals surface area contributed by atoms with Gasteiger partial charge in [0.25, 0.3) is 5.56 Å². The van der Waals surface area contributed by atoms with E-state index in [1.54, 1.807) is 25.2 Å². The Bertz CT molecular complexity index is 1300. The predicted octanol–water partition coefficient (Wildman–Crippen LogP) is 2.95. The number of rotatable bonds is 6. The van der Waals surface area contributed by atoms with Crippen molar-refractivity contribution < 1.29 is 27.5 Å². The van der Waals surface area contributed by atoms with Crippen LogP contribution in [0.3, 0.4) is 0 Å². The fourth-order valence-electron chi connectivity index (χ4n) is 4.14. The number of esters is 1. The second-order valence-corrected chi connectivity index (χ2v) is 8.11. The summed E-state index contributed by atoms with van der Waals surface area (Å²) in [5, 5.41) is 6.19. The number of nitrogens with one attached hydrogen (secondary N) is 3. The van der Waals surface area contributed by atoms with E-state index in [0.29, 0.717) is 17.4 Å². The summed E-state index contributed by atoms with van der Waals surface area (Å²) in [6, 6.07) is 11.0. The van der Waals surface area contributed by atoms with E-state index in [0.717, 1.165) is 6.07 Å². The van der Waals surface area contributed by atoms with Crippen LogP contribution < -0.4 is 16.2 Å². The molecule has 1 aliphatic rings. The molecule has 4 rings (SSSR count). The van der Waals surface area contributed by atoms with Gasteiger partial charge in [0.2, 0.25) is 5.91 Å². The highest BCUT2D eigenvalue weighted by Crippen LogP contribution is 2.37. The number of hydrogen-bond acceptors (Lipinski definition) is 5. The Labute approximate surface area is 192 Å². The van der Waals surface area contributed by atoms with Gasteiger partial charge in [-0.15, -0.1) is 0 Å². The Morgan fingerprint density at radius 3 is 2.65 bits per heavy atom. The fourth-order valence-corrected chi connectivity index (χ4v) is 4.14. The standard InChI is InChI=1S/C24H22F3N3O4/c1-28-11-21(31)34-12-15-10-18(22(32)29-15)13-6-7-14-9-20(30-23(33)17(14)8-13)16-4-2-3-5-19(16)24(25,26)27/h2-9,15,18,28H,10-12H2,1H3,(H,29,32)(H,30,33)/t15-,18-/m1/s1. The second-order valence-electron chi connectivity index (χ2n) is 8.11. The molecule has 178 valence electrons. The maximum absolute atomic E-state index is 13.4. The SMILES string of the molecule is CNCC(=O)OC[C@H]1C[C@H](c2ccc3cc(-c4ccccc4C(F)(F)F)[nH]c(=O)c3c2)C(=O)N1. The van der Waals surface area contributed by atoms with Gasteiger partial charge in [-0.3, -0.25) is 14.4 Å². The molecule has 2 heterocycles. The van der Waals surface area contributed by atoms with Crippen LogP contribution in [0, 0.1) is 0 Å². The van der Waals surface area contributed by atoms with Crippen molar-refractivity contribution in [1.82, 2.24) is 15.6 Å². The molecule has 2 atom stereocenters. The van der Waals surface area contributed by atoms with Crippen molar-refractivity contribution in [3.05, 3.63) is 70.0 Å². The Hall–Kier alpha value is -3.66. The normalized spacial score (nSPS) is 18.2. The predicted molar refractivity (Wildman–Crippen MR) is 119 cm³/mol. The molecule has 1 fully saturated rings. The molecule has 7 nitrogen and oxygen atoms in total. The average Bonchev–Trinajstić information content (AvgIpc) is 3.17. The average molecular weight is 473 g/mol. The number of alkyl halides is 3. The van der Waals surface area contributed by atoms with Gasteiger partial charge in [-0.1, -0.05) is 30.3 Å². The molecule has 0 saturated carbocycles. The van der Waals surface area contributed by atoms with E-state index in [9.17, 15) is 27.6 Å². The Morgan fingerprint density at radius 2 is 1.91 bits per heavy atom. The number of pyridine rings is 1. The Morgan fingerprint density at radius 1 is 1.15 bits per heavy atom. The van der Waals surface area contributed by atoms with Crippen molar-refractivity contribution in [3.63, 3.8) is 0 Å². The summed E-state index contributed by atoms with van der Waals surface area (Å²) in [7, 11) is 1.62. The summed E-state index contributed by atoms with van der Waals surface area (Å²) < 4.78 is 45.4. The van der Waals surface area contributed by atoms with Crippen LogP contribution in [0.4, 0.5) is 13.2 Å². The number of halogens is 3. The van der Waals surface area contributed by atoms with E-state index >= 15 is 0 Å². The van der Waals surface area contributed by atoms with Crippen LogP contribution in [0.2, 0.25) is 0 Å². The number of amides is 1. The van der Waals surface area contributed by atoms with Crippen molar-refractivity contribution >= 4 is 22.6 Å². The highest BCUT2D eigenvalue weighted by Gasteiger charge is 2.35. The van der Waals surface area contributed by atoms with Gasteiger partial charge in [-0.25, -0.2) is 0 Å². The number of aromatic amines is 1.